The topological polar surface area (TPSA) is 79.5 Å². The Bertz CT molecular complexity index is 281. The average Bonchev–Trinajstić information content (AvgIpc) is 2.44. The summed E-state index contributed by atoms with van der Waals surface area (Å²) in [6, 6.07) is -0.0635. The maximum Gasteiger partial charge on any atom is 0.237 e. The molecule has 0 aromatic rings. The molecule has 1 atom stereocenters. The predicted octanol–water partition coefficient (Wildman–Crippen LogP) is 0.422. The minimum atomic E-state index is -0.289. The molecule has 0 saturated carbocycles. The predicted molar refractivity (Wildman–Crippen MR) is 79.5 cm³/mol. The van der Waals surface area contributed by atoms with Gasteiger partial charge >= 0.3 is 0 Å². The first-order chi connectivity index (χ1) is 9.54. The standard InChI is InChI=1S/C14H29N3O3/c1-5-12(6-2)17-14(19)11(3)15-8-7-13(18)16-9-10-20-4/h11-12,15H,5-10H2,1-4H3,(H,16,18)(H,17,19). The molecule has 0 heterocycles. The molecule has 0 spiro atoms. The molecule has 6 nitrogen and oxygen atoms in total. The van der Waals surface area contributed by atoms with Crippen LogP contribution in [0, 0.1) is 0 Å². The van der Waals surface area contributed by atoms with Crippen molar-refractivity contribution in [2.75, 3.05) is 26.8 Å². The number of nitrogens with one attached hydrogen (secondary N) is 3. The Labute approximate surface area is 122 Å². The molecule has 20 heavy (non-hydrogen) atoms. The van der Waals surface area contributed by atoms with E-state index >= 15 is 0 Å². The second kappa shape index (κ2) is 11.7. The van der Waals surface area contributed by atoms with E-state index in [4.69, 9.17) is 4.74 Å². The summed E-state index contributed by atoms with van der Waals surface area (Å²) in [4.78, 5) is 23.3. The van der Waals surface area contributed by atoms with Crippen molar-refractivity contribution in [3.05, 3.63) is 0 Å². The molecule has 118 valence electrons. The average molecular weight is 287 g/mol. The third-order valence-corrected chi connectivity index (χ3v) is 3.16. The van der Waals surface area contributed by atoms with Crippen LogP contribution in [0.2, 0.25) is 0 Å². The van der Waals surface area contributed by atoms with Crippen LogP contribution in [0.1, 0.15) is 40.0 Å². The summed E-state index contributed by atoms with van der Waals surface area (Å²) in [6.45, 7) is 7.41. The zero-order chi connectivity index (χ0) is 15.4. The van der Waals surface area contributed by atoms with Crippen LogP contribution in [0.3, 0.4) is 0 Å². The minimum Gasteiger partial charge on any atom is -0.383 e. The Kier molecular flexibility index (Phi) is 11.0. The van der Waals surface area contributed by atoms with E-state index in [0.717, 1.165) is 12.8 Å². The summed E-state index contributed by atoms with van der Waals surface area (Å²) >= 11 is 0. The van der Waals surface area contributed by atoms with Gasteiger partial charge in [-0.05, 0) is 19.8 Å². The van der Waals surface area contributed by atoms with Crippen LogP contribution < -0.4 is 16.0 Å². The highest BCUT2D eigenvalue weighted by molar-refractivity contribution is 5.81. The van der Waals surface area contributed by atoms with E-state index in [-0.39, 0.29) is 23.9 Å². The second-order valence-electron chi connectivity index (χ2n) is 4.79. The molecule has 1 unspecified atom stereocenters. The van der Waals surface area contributed by atoms with Crippen molar-refractivity contribution >= 4 is 11.8 Å². The number of methoxy groups -OCH3 is 1. The Morgan fingerprint density at radius 1 is 1.15 bits per heavy atom. The molecule has 0 aliphatic rings. The van der Waals surface area contributed by atoms with Gasteiger partial charge in [-0.1, -0.05) is 13.8 Å². The minimum absolute atomic E-state index is 0.0153. The summed E-state index contributed by atoms with van der Waals surface area (Å²) in [6.07, 6.45) is 2.21. The molecule has 0 aromatic carbocycles. The van der Waals surface area contributed by atoms with Crippen LogP contribution in [-0.4, -0.2) is 50.7 Å². The van der Waals surface area contributed by atoms with Crippen LogP contribution in [-0.2, 0) is 14.3 Å². The zero-order valence-corrected chi connectivity index (χ0v) is 13.1. The number of carbonyl (C=O) groups excluding carboxylic acids is 2. The van der Waals surface area contributed by atoms with Gasteiger partial charge in [-0.25, -0.2) is 0 Å². The van der Waals surface area contributed by atoms with Gasteiger partial charge in [-0.2, -0.15) is 0 Å². The van der Waals surface area contributed by atoms with Crippen LogP contribution in [0.15, 0.2) is 0 Å². The normalized spacial score (nSPS) is 12.2. The summed E-state index contributed by atoms with van der Waals surface area (Å²) in [7, 11) is 1.59. The van der Waals surface area contributed by atoms with Crippen molar-refractivity contribution in [1.29, 1.82) is 0 Å². The quantitative estimate of drug-likeness (QED) is 0.481. The van der Waals surface area contributed by atoms with Crippen molar-refractivity contribution in [1.82, 2.24) is 16.0 Å². The lowest BCUT2D eigenvalue weighted by molar-refractivity contribution is -0.124. The van der Waals surface area contributed by atoms with E-state index < -0.39 is 0 Å². The molecule has 0 radical (unpaired) electrons. The van der Waals surface area contributed by atoms with E-state index in [2.05, 4.69) is 29.8 Å². The van der Waals surface area contributed by atoms with Gasteiger partial charge < -0.3 is 20.7 Å². The van der Waals surface area contributed by atoms with Gasteiger partial charge in [-0.3, -0.25) is 9.59 Å². The highest BCUT2D eigenvalue weighted by atomic mass is 16.5. The van der Waals surface area contributed by atoms with Gasteiger partial charge in [0.1, 0.15) is 0 Å². The van der Waals surface area contributed by atoms with Crippen molar-refractivity contribution in [2.45, 2.75) is 52.1 Å². The number of ether oxygens (including phenoxy) is 1. The fraction of sp³-hybridized carbons (Fsp3) is 0.857. The second-order valence-corrected chi connectivity index (χ2v) is 4.79. The lowest BCUT2D eigenvalue weighted by Crippen LogP contribution is -2.46. The van der Waals surface area contributed by atoms with Gasteiger partial charge in [0.2, 0.25) is 11.8 Å². The molecule has 0 bridgehead atoms. The van der Waals surface area contributed by atoms with Crippen LogP contribution in [0.5, 0.6) is 0 Å². The smallest absolute Gasteiger partial charge is 0.237 e. The fourth-order valence-electron chi connectivity index (χ4n) is 1.69. The molecule has 0 aromatic heterocycles. The maximum absolute atomic E-state index is 11.9. The van der Waals surface area contributed by atoms with Crippen molar-refractivity contribution in [2.24, 2.45) is 0 Å². The van der Waals surface area contributed by atoms with Crippen LogP contribution in [0.25, 0.3) is 0 Å². The first-order valence-electron chi connectivity index (χ1n) is 7.34. The van der Waals surface area contributed by atoms with Crippen molar-refractivity contribution in [3.8, 4) is 0 Å². The van der Waals surface area contributed by atoms with Gasteiger partial charge in [0.25, 0.3) is 0 Å². The highest BCUT2D eigenvalue weighted by Crippen LogP contribution is 1.97. The third kappa shape index (κ3) is 8.87. The number of rotatable bonds is 11. The number of hydrogen-bond donors (Lipinski definition) is 3. The van der Waals surface area contributed by atoms with Gasteiger partial charge in [0.15, 0.2) is 0 Å². The number of amides is 2. The molecule has 3 N–H and O–H groups in total. The van der Waals surface area contributed by atoms with Crippen molar-refractivity contribution in [3.63, 3.8) is 0 Å². The van der Waals surface area contributed by atoms with E-state index in [1.54, 1.807) is 14.0 Å². The molecule has 2 amide bonds. The lowest BCUT2D eigenvalue weighted by atomic mass is 10.1. The molecule has 0 aliphatic heterocycles. The summed E-state index contributed by atoms with van der Waals surface area (Å²) in [5, 5.41) is 8.76. The third-order valence-electron chi connectivity index (χ3n) is 3.16. The number of hydrogen-bond acceptors (Lipinski definition) is 4. The Balaban J connectivity index is 3.78. The molecular formula is C14H29N3O3. The molecule has 6 heteroatoms. The van der Waals surface area contributed by atoms with Crippen LogP contribution in [0.4, 0.5) is 0 Å². The first-order valence-corrected chi connectivity index (χ1v) is 7.34. The maximum atomic E-state index is 11.9. The first kappa shape index (κ1) is 18.9. The van der Waals surface area contributed by atoms with E-state index in [1.165, 1.54) is 0 Å². The SMILES string of the molecule is CCC(CC)NC(=O)C(C)NCCC(=O)NCCOC. The summed E-state index contributed by atoms with van der Waals surface area (Å²) in [5.41, 5.74) is 0. The molecule has 0 saturated heterocycles. The largest absolute Gasteiger partial charge is 0.383 e. The van der Waals surface area contributed by atoms with Gasteiger partial charge in [0, 0.05) is 32.7 Å². The molecule has 0 rings (SSSR count). The Hall–Kier alpha value is -1.14. The number of carbonyl (C=O) groups is 2. The van der Waals surface area contributed by atoms with Crippen LogP contribution >= 0.6 is 0 Å². The summed E-state index contributed by atoms with van der Waals surface area (Å²) < 4.78 is 4.84. The summed E-state index contributed by atoms with van der Waals surface area (Å²) in [5.74, 6) is -0.0550. The van der Waals surface area contributed by atoms with Gasteiger partial charge in [-0.15, -0.1) is 0 Å². The van der Waals surface area contributed by atoms with E-state index in [0.29, 0.717) is 26.1 Å². The van der Waals surface area contributed by atoms with Crippen molar-refractivity contribution < 1.29 is 14.3 Å². The van der Waals surface area contributed by atoms with Gasteiger partial charge in [0.05, 0.1) is 12.6 Å². The van der Waals surface area contributed by atoms with E-state index in [1.807, 2.05) is 0 Å². The Morgan fingerprint density at radius 3 is 2.35 bits per heavy atom. The lowest BCUT2D eigenvalue weighted by Gasteiger charge is -2.19. The monoisotopic (exact) mass is 287 g/mol. The highest BCUT2D eigenvalue weighted by Gasteiger charge is 2.15. The molecule has 0 fully saturated rings. The zero-order valence-electron chi connectivity index (χ0n) is 13.1. The Morgan fingerprint density at radius 2 is 1.80 bits per heavy atom. The van der Waals surface area contributed by atoms with E-state index in [9.17, 15) is 9.59 Å². The molecule has 0 aliphatic carbocycles. The fourth-order valence-corrected chi connectivity index (χ4v) is 1.69. The molecular weight excluding hydrogens is 258 g/mol.